The van der Waals surface area contributed by atoms with Crippen molar-refractivity contribution in [2.75, 3.05) is 25.6 Å². The van der Waals surface area contributed by atoms with Crippen LogP contribution in [-0.2, 0) is 0 Å². The molecule has 0 aliphatic carbocycles. The van der Waals surface area contributed by atoms with E-state index in [1.165, 1.54) is 11.1 Å². The van der Waals surface area contributed by atoms with Gasteiger partial charge in [-0.15, -0.1) is 0 Å². The second-order valence-electron chi connectivity index (χ2n) is 4.73. The molecule has 0 aromatic heterocycles. The number of nitrogens with two attached hydrogens (primary N) is 1. The Morgan fingerprint density at radius 2 is 2.11 bits per heavy atom. The van der Waals surface area contributed by atoms with Gasteiger partial charge in [-0.2, -0.15) is 11.8 Å². The first-order valence-corrected chi connectivity index (χ1v) is 8.37. The molecule has 2 unspecified atom stereocenters. The molecule has 0 radical (unpaired) electrons. The summed E-state index contributed by atoms with van der Waals surface area (Å²) in [6, 6.07) is 7.32. The van der Waals surface area contributed by atoms with Crippen LogP contribution in [0.15, 0.2) is 22.7 Å². The topological polar surface area (TPSA) is 29.3 Å². The summed E-state index contributed by atoms with van der Waals surface area (Å²) in [6.45, 7) is 5.00. The molecule has 0 saturated carbocycles. The fourth-order valence-electron chi connectivity index (χ4n) is 2.02. The van der Waals surface area contributed by atoms with Gasteiger partial charge in [-0.1, -0.05) is 28.1 Å². The number of benzene rings is 1. The highest BCUT2D eigenvalue weighted by Crippen LogP contribution is 2.26. The molecule has 2 N–H and O–H groups in total. The summed E-state index contributed by atoms with van der Waals surface area (Å²) in [4.78, 5) is 2.37. The van der Waals surface area contributed by atoms with E-state index in [0.29, 0.717) is 12.6 Å². The molecule has 0 aliphatic rings. The Kier molecular flexibility index (Phi) is 6.71. The van der Waals surface area contributed by atoms with Gasteiger partial charge in [0.1, 0.15) is 0 Å². The van der Waals surface area contributed by atoms with E-state index in [1.807, 2.05) is 11.8 Å². The number of nitrogens with zero attached hydrogens (tertiary/aromatic N) is 1. The summed E-state index contributed by atoms with van der Waals surface area (Å²) in [5.74, 6) is 1.13. The molecule has 1 aromatic rings. The smallest absolute Gasteiger partial charge is 0.0470 e. The number of aryl methyl sites for hydroxylation is 1. The Morgan fingerprint density at radius 3 is 2.61 bits per heavy atom. The van der Waals surface area contributed by atoms with Crippen LogP contribution < -0.4 is 5.73 Å². The molecular weight excluding hydrogens is 308 g/mol. The van der Waals surface area contributed by atoms with Crippen molar-refractivity contribution in [2.45, 2.75) is 25.9 Å². The molecular formula is C14H23BrN2S. The maximum Gasteiger partial charge on any atom is 0.0470 e. The predicted octanol–water partition coefficient (Wildman–Crippen LogP) is 3.44. The summed E-state index contributed by atoms with van der Waals surface area (Å²) in [5, 5.41) is 0. The van der Waals surface area contributed by atoms with Crippen molar-refractivity contribution in [1.29, 1.82) is 0 Å². The van der Waals surface area contributed by atoms with Crippen LogP contribution in [0.1, 0.15) is 24.1 Å². The molecule has 0 heterocycles. The quantitative estimate of drug-likeness (QED) is 0.866. The fourth-order valence-corrected chi connectivity index (χ4v) is 3.13. The molecule has 0 bridgehead atoms. The second-order valence-corrected chi connectivity index (χ2v) is 6.49. The number of hydrogen-bond donors (Lipinski definition) is 1. The van der Waals surface area contributed by atoms with Gasteiger partial charge in [-0.3, -0.25) is 4.90 Å². The molecule has 0 amide bonds. The van der Waals surface area contributed by atoms with Crippen molar-refractivity contribution in [3.8, 4) is 0 Å². The van der Waals surface area contributed by atoms with Gasteiger partial charge in [0.05, 0.1) is 0 Å². The van der Waals surface area contributed by atoms with E-state index in [-0.39, 0.29) is 6.04 Å². The standard InChI is InChI=1S/C14H23BrN2S/c1-10-5-6-12(7-13(10)15)14(8-16)17(3)11(2)9-18-4/h5-7,11,14H,8-9,16H2,1-4H3. The van der Waals surface area contributed by atoms with E-state index in [2.05, 4.69) is 66.2 Å². The number of thioether (sulfide) groups is 1. The van der Waals surface area contributed by atoms with Crippen molar-refractivity contribution in [3.63, 3.8) is 0 Å². The highest BCUT2D eigenvalue weighted by molar-refractivity contribution is 9.10. The van der Waals surface area contributed by atoms with E-state index in [0.717, 1.165) is 10.2 Å². The minimum Gasteiger partial charge on any atom is -0.329 e. The van der Waals surface area contributed by atoms with Crippen LogP contribution in [0.25, 0.3) is 0 Å². The molecule has 2 atom stereocenters. The zero-order valence-electron chi connectivity index (χ0n) is 11.6. The lowest BCUT2D eigenvalue weighted by Crippen LogP contribution is -2.38. The zero-order chi connectivity index (χ0) is 13.7. The molecule has 2 nitrogen and oxygen atoms in total. The molecule has 0 spiro atoms. The lowest BCUT2D eigenvalue weighted by molar-refractivity contribution is 0.204. The average molecular weight is 331 g/mol. The minimum absolute atomic E-state index is 0.282. The second kappa shape index (κ2) is 7.53. The van der Waals surface area contributed by atoms with Crippen LogP contribution in [0.5, 0.6) is 0 Å². The Hall–Kier alpha value is -0.0300. The monoisotopic (exact) mass is 330 g/mol. The normalized spacial score (nSPS) is 14.8. The third-order valence-electron chi connectivity index (χ3n) is 3.40. The third kappa shape index (κ3) is 3.98. The first-order chi connectivity index (χ1) is 8.51. The van der Waals surface area contributed by atoms with Crippen molar-refractivity contribution < 1.29 is 0 Å². The van der Waals surface area contributed by atoms with Crippen LogP contribution in [0.2, 0.25) is 0 Å². The Bertz CT molecular complexity index is 384. The van der Waals surface area contributed by atoms with Gasteiger partial charge in [0.2, 0.25) is 0 Å². The van der Waals surface area contributed by atoms with E-state index in [1.54, 1.807) is 0 Å². The summed E-state index contributed by atoms with van der Waals surface area (Å²) >= 11 is 5.47. The van der Waals surface area contributed by atoms with E-state index in [9.17, 15) is 0 Å². The van der Waals surface area contributed by atoms with Crippen LogP contribution in [-0.4, -0.2) is 36.5 Å². The molecule has 102 valence electrons. The molecule has 0 aliphatic heterocycles. The molecule has 1 rings (SSSR count). The first kappa shape index (κ1) is 16.0. The van der Waals surface area contributed by atoms with E-state index >= 15 is 0 Å². The summed E-state index contributed by atoms with van der Waals surface area (Å²) in [5.41, 5.74) is 8.51. The fraction of sp³-hybridized carbons (Fsp3) is 0.571. The first-order valence-electron chi connectivity index (χ1n) is 6.18. The van der Waals surface area contributed by atoms with Gasteiger partial charge in [0.15, 0.2) is 0 Å². The maximum absolute atomic E-state index is 5.96. The molecule has 18 heavy (non-hydrogen) atoms. The largest absolute Gasteiger partial charge is 0.329 e. The Labute approximate surface area is 123 Å². The zero-order valence-corrected chi connectivity index (χ0v) is 14.0. The maximum atomic E-state index is 5.96. The van der Waals surface area contributed by atoms with Crippen molar-refractivity contribution in [1.82, 2.24) is 4.90 Å². The Balaban J connectivity index is 2.91. The van der Waals surface area contributed by atoms with E-state index in [4.69, 9.17) is 5.73 Å². The van der Waals surface area contributed by atoms with Gasteiger partial charge >= 0.3 is 0 Å². The van der Waals surface area contributed by atoms with Gasteiger partial charge in [0, 0.05) is 28.9 Å². The number of hydrogen-bond acceptors (Lipinski definition) is 3. The SMILES string of the molecule is CSCC(C)N(C)C(CN)c1ccc(C)c(Br)c1. The van der Waals surface area contributed by atoms with Gasteiger partial charge in [0.25, 0.3) is 0 Å². The van der Waals surface area contributed by atoms with Crippen molar-refractivity contribution in [3.05, 3.63) is 33.8 Å². The van der Waals surface area contributed by atoms with Gasteiger partial charge in [-0.05, 0) is 44.3 Å². The Morgan fingerprint density at radius 1 is 1.44 bits per heavy atom. The highest BCUT2D eigenvalue weighted by atomic mass is 79.9. The lowest BCUT2D eigenvalue weighted by Gasteiger charge is -2.32. The van der Waals surface area contributed by atoms with Crippen LogP contribution in [0, 0.1) is 6.92 Å². The third-order valence-corrected chi connectivity index (χ3v) is 5.07. The average Bonchev–Trinajstić information content (AvgIpc) is 2.34. The minimum atomic E-state index is 0.282. The van der Waals surface area contributed by atoms with Crippen LogP contribution in [0.3, 0.4) is 0 Å². The molecule has 0 fully saturated rings. The number of likely N-dealkylation sites (N-methyl/N-ethyl adjacent to an activating group) is 1. The summed E-state index contributed by atoms with van der Waals surface area (Å²) in [6.07, 6.45) is 2.14. The number of rotatable bonds is 6. The van der Waals surface area contributed by atoms with Gasteiger partial charge in [-0.25, -0.2) is 0 Å². The lowest BCUT2D eigenvalue weighted by atomic mass is 10.0. The predicted molar refractivity (Wildman–Crippen MR) is 86.3 cm³/mol. The molecule has 0 saturated heterocycles. The molecule has 1 aromatic carbocycles. The highest BCUT2D eigenvalue weighted by Gasteiger charge is 2.20. The van der Waals surface area contributed by atoms with E-state index < -0.39 is 0 Å². The molecule has 4 heteroatoms. The summed E-state index contributed by atoms with van der Waals surface area (Å²) < 4.78 is 1.16. The van der Waals surface area contributed by atoms with Gasteiger partial charge < -0.3 is 5.73 Å². The van der Waals surface area contributed by atoms with Crippen LogP contribution in [0.4, 0.5) is 0 Å². The number of halogens is 1. The van der Waals surface area contributed by atoms with Crippen molar-refractivity contribution in [2.24, 2.45) is 5.73 Å². The van der Waals surface area contributed by atoms with Crippen molar-refractivity contribution >= 4 is 27.7 Å². The van der Waals surface area contributed by atoms with Crippen LogP contribution >= 0.6 is 27.7 Å². The summed E-state index contributed by atoms with van der Waals surface area (Å²) in [7, 11) is 2.16.